The van der Waals surface area contributed by atoms with Crippen LogP contribution in [-0.4, -0.2) is 17.3 Å². The molecule has 1 unspecified atom stereocenters. The van der Waals surface area contributed by atoms with Gasteiger partial charge in [-0.05, 0) is 30.4 Å². The average Bonchev–Trinajstić information content (AvgIpc) is 2.97. The number of aliphatic hydroxyl groups is 1. The summed E-state index contributed by atoms with van der Waals surface area (Å²) in [7, 11) is 0. The molecule has 0 bridgehead atoms. The maximum atomic E-state index is 10.1. The lowest BCUT2D eigenvalue weighted by Crippen LogP contribution is -2.28. The molecule has 1 aliphatic carbocycles. The van der Waals surface area contributed by atoms with Crippen LogP contribution in [0.25, 0.3) is 0 Å². The Morgan fingerprint density at radius 1 is 1.29 bits per heavy atom. The first-order valence-corrected chi connectivity index (χ1v) is 5.21. The van der Waals surface area contributed by atoms with E-state index in [1.807, 2.05) is 6.07 Å². The fourth-order valence-electron chi connectivity index (χ4n) is 2.23. The summed E-state index contributed by atoms with van der Waals surface area (Å²) in [5, 5.41) is 10.1. The molecule has 14 heavy (non-hydrogen) atoms. The molecule has 0 spiro atoms. The van der Waals surface area contributed by atoms with E-state index in [4.69, 9.17) is 4.74 Å². The highest BCUT2D eigenvalue weighted by molar-refractivity contribution is 5.34. The van der Waals surface area contributed by atoms with E-state index in [0.29, 0.717) is 0 Å². The van der Waals surface area contributed by atoms with Gasteiger partial charge in [-0.25, -0.2) is 0 Å². The molecule has 2 aliphatic rings. The first-order chi connectivity index (χ1) is 6.80. The SMILES string of the molecule is OC1(C2OCCc3ccccc32)CC1. The highest BCUT2D eigenvalue weighted by Gasteiger charge is 2.50. The van der Waals surface area contributed by atoms with Gasteiger partial charge in [-0.3, -0.25) is 0 Å². The van der Waals surface area contributed by atoms with Gasteiger partial charge < -0.3 is 9.84 Å². The van der Waals surface area contributed by atoms with E-state index in [2.05, 4.69) is 18.2 Å². The molecule has 74 valence electrons. The number of rotatable bonds is 1. The summed E-state index contributed by atoms with van der Waals surface area (Å²) < 4.78 is 5.68. The largest absolute Gasteiger partial charge is 0.387 e. The Labute approximate surface area is 83.5 Å². The number of hydrogen-bond donors (Lipinski definition) is 1. The van der Waals surface area contributed by atoms with Crippen LogP contribution in [0.2, 0.25) is 0 Å². The van der Waals surface area contributed by atoms with Gasteiger partial charge in [0.25, 0.3) is 0 Å². The van der Waals surface area contributed by atoms with Crippen LogP contribution >= 0.6 is 0 Å². The Bertz CT molecular complexity index is 355. The van der Waals surface area contributed by atoms with Crippen molar-refractivity contribution in [3.8, 4) is 0 Å². The van der Waals surface area contributed by atoms with Crippen molar-refractivity contribution in [2.45, 2.75) is 31.0 Å². The summed E-state index contributed by atoms with van der Waals surface area (Å²) in [5.41, 5.74) is 1.97. The zero-order valence-corrected chi connectivity index (χ0v) is 8.07. The molecular formula is C12H14O2. The predicted octanol–water partition coefficient (Wildman–Crippen LogP) is 1.83. The maximum Gasteiger partial charge on any atom is 0.111 e. The van der Waals surface area contributed by atoms with E-state index in [-0.39, 0.29) is 6.10 Å². The molecule has 1 aromatic rings. The third kappa shape index (κ3) is 1.18. The van der Waals surface area contributed by atoms with Crippen molar-refractivity contribution in [2.24, 2.45) is 0 Å². The lowest BCUT2D eigenvalue weighted by Gasteiger charge is -2.29. The number of hydrogen-bond acceptors (Lipinski definition) is 2. The highest BCUT2D eigenvalue weighted by atomic mass is 16.5. The second-order valence-corrected chi connectivity index (χ2v) is 4.30. The summed E-state index contributed by atoms with van der Waals surface area (Å²) in [6.07, 6.45) is 2.66. The second-order valence-electron chi connectivity index (χ2n) is 4.30. The fourth-order valence-corrected chi connectivity index (χ4v) is 2.23. The molecule has 0 aromatic heterocycles. The van der Waals surface area contributed by atoms with Crippen molar-refractivity contribution in [2.75, 3.05) is 6.61 Å². The van der Waals surface area contributed by atoms with Gasteiger partial charge in [0, 0.05) is 0 Å². The molecule has 1 aliphatic heterocycles. The van der Waals surface area contributed by atoms with Crippen molar-refractivity contribution in [3.05, 3.63) is 35.4 Å². The van der Waals surface area contributed by atoms with Gasteiger partial charge in [0.1, 0.15) is 6.10 Å². The molecule has 1 saturated carbocycles. The summed E-state index contributed by atoms with van der Waals surface area (Å²) in [6.45, 7) is 0.740. The number of fused-ring (bicyclic) bond motifs is 1. The van der Waals surface area contributed by atoms with Crippen LogP contribution in [0.3, 0.4) is 0 Å². The Kier molecular flexibility index (Phi) is 1.70. The molecule has 0 amide bonds. The van der Waals surface area contributed by atoms with Gasteiger partial charge in [0.2, 0.25) is 0 Å². The maximum absolute atomic E-state index is 10.1. The van der Waals surface area contributed by atoms with Gasteiger partial charge in [-0.15, -0.1) is 0 Å². The Morgan fingerprint density at radius 3 is 2.86 bits per heavy atom. The zero-order chi connectivity index (χ0) is 9.60. The molecule has 3 rings (SSSR count). The van der Waals surface area contributed by atoms with E-state index < -0.39 is 5.60 Å². The minimum atomic E-state index is -0.559. The first-order valence-electron chi connectivity index (χ1n) is 5.21. The first kappa shape index (κ1) is 8.45. The van der Waals surface area contributed by atoms with Crippen LogP contribution in [0.1, 0.15) is 30.1 Å². The molecule has 1 N–H and O–H groups in total. The molecule has 1 atom stereocenters. The summed E-state index contributed by atoms with van der Waals surface area (Å²) >= 11 is 0. The van der Waals surface area contributed by atoms with E-state index >= 15 is 0 Å². The van der Waals surface area contributed by atoms with Gasteiger partial charge in [-0.2, -0.15) is 0 Å². The molecule has 2 heteroatoms. The molecule has 0 radical (unpaired) electrons. The lowest BCUT2D eigenvalue weighted by molar-refractivity contribution is -0.0616. The van der Waals surface area contributed by atoms with Crippen LogP contribution in [0.4, 0.5) is 0 Å². The summed E-state index contributed by atoms with van der Waals surface area (Å²) in [5.74, 6) is 0. The van der Waals surface area contributed by atoms with E-state index in [1.54, 1.807) is 0 Å². The van der Waals surface area contributed by atoms with Crippen molar-refractivity contribution < 1.29 is 9.84 Å². The lowest BCUT2D eigenvalue weighted by atomic mass is 9.93. The number of ether oxygens (including phenoxy) is 1. The van der Waals surface area contributed by atoms with Gasteiger partial charge >= 0.3 is 0 Å². The second kappa shape index (κ2) is 2.81. The van der Waals surface area contributed by atoms with Crippen molar-refractivity contribution in [3.63, 3.8) is 0 Å². The quantitative estimate of drug-likeness (QED) is 0.732. The van der Waals surface area contributed by atoms with E-state index in [9.17, 15) is 5.11 Å². The predicted molar refractivity (Wildman–Crippen MR) is 53.0 cm³/mol. The van der Waals surface area contributed by atoms with Crippen LogP contribution in [0.15, 0.2) is 24.3 Å². The van der Waals surface area contributed by atoms with Gasteiger partial charge in [0.05, 0.1) is 12.2 Å². The third-order valence-corrected chi connectivity index (χ3v) is 3.24. The normalized spacial score (nSPS) is 28.2. The molecule has 2 nitrogen and oxygen atoms in total. The third-order valence-electron chi connectivity index (χ3n) is 3.24. The van der Waals surface area contributed by atoms with E-state index in [0.717, 1.165) is 25.9 Å². The molecule has 1 aromatic carbocycles. The Morgan fingerprint density at radius 2 is 2.07 bits per heavy atom. The number of benzene rings is 1. The summed E-state index contributed by atoms with van der Waals surface area (Å²) in [4.78, 5) is 0. The van der Waals surface area contributed by atoms with Gasteiger partial charge in [0.15, 0.2) is 0 Å². The zero-order valence-electron chi connectivity index (χ0n) is 8.07. The molecule has 1 heterocycles. The van der Waals surface area contributed by atoms with Crippen LogP contribution < -0.4 is 0 Å². The average molecular weight is 190 g/mol. The van der Waals surface area contributed by atoms with Crippen molar-refractivity contribution in [1.82, 2.24) is 0 Å². The molecule has 1 fully saturated rings. The molecular weight excluding hydrogens is 176 g/mol. The van der Waals surface area contributed by atoms with E-state index in [1.165, 1.54) is 11.1 Å². The Balaban J connectivity index is 2.02. The van der Waals surface area contributed by atoms with Crippen molar-refractivity contribution >= 4 is 0 Å². The minimum Gasteiger partial charge on any atom is -0.387 e. The van der Waals surface area contributed by atoms with Gasteiger partial charge in [-0.1, -0.05) is 24.3 Å². The fraction of sp³-hybridized carbons (Fsp3) is 0.500. The minimum absolute atomic E-state index is 0.0764. The van der Waals surface area contributed by atoms with Crippen LogP contribution in [0.5, 0.6) is 0 Å². The molecule has 0 saturated heterocycles. The smallest absolute Gasteiger partial charge is 0.111 e. The van der Waals surface area contributed by atoms with Crippen molar-refractivity contribution in [1.29, 1.82) is 0 Å². The van der Waals surface area contributed by atoms with Crippen LogP contribution in [-0.2, 0) is 11.2 Å². The van der Waals surface area contributed by atoms with Crippen LogP contribution in [0, 0.1) is 0 Å². The summed E-state index contributed by atoms with van der Waals surface area (Å²) in [6, 6.07) is 8.29. The highest BCUT2D eigenvalue weighted by Crippen LogP contribution is 2.49. The Hall–Kier alpha value is -0.860. The topological polar surface area (TPSA) is 29.5 Å². The monoisotopic (exact) mass is 190 g/mol. The standard InChI is InChI=1S/C12H14O2/c13-12(6-7-12)11-10-4-2-1-3-9(10)5-8-14-11/h1-4,11,13H,5-8H2.